The van der Waals surface area contributed by atoms with Crippen LogP contribution in [-0.4, -0.2) is 25.6 Å². The fraction of sp³-hybridized carbons (Fsp3) is 0.286. The van der Waals surface area contributed by atoms with Crippen LogP contribution in [0.4, 0.5) is 8.78 Å². The number of alkyl halides is 2. The summed E-state index contributed by atoms with van der Waals surface area (Å²) in [7, 11) is -3.34. The molecule has 124 valence electrons. The first-order valence-corrected chi connectivity index (χ1v) is 9.19. The zero-order valence-electron chi connectivity index (χ0n) is 12.3. The number of carbonyl (C=O) groups excluding carboxylic acids is 1. The van der Waals surface area contributed by atoms with Gasteiger partial charge in [0.2, 0.25) is 0 Å². The Morgan fingerprint density at radius 1 is 1.30 bits per heavy atom. The Morgan fingerprint density at radius 3 is 2.48 bits per heavy atom. The highest BCUT2D eigenvalue weighted by atomic mass is 32.2. The lowest BCUT2D eigenvalue weighted by atomic mass is 10.2. The average molecular weight is 360 g/mol. The SMILES string of the molecule is CC(F)(F)c1ccc(CNC(=O)c2ccc(S(C)(=O)=O)s2)cn1. The summed E-state index contributed by atoms with van der Waals surface area (Å²) in [5, 5.41) is 2.59. The number of rotatable bonds is 5. The summed E-state index contributed by atoms with van der Waals surface area (Å²) >= 11 is 0.874. The minimum Gasteiger partial charge on any atom is -0.347 e. The second-order valence-electron chi connectivity index (χ2n) is 5.01. The van der Waals surface area contributed by atoms with E-state index in [-0.39, 0.29) is 21.3 Å². The number of hydrogen-bond donors (Lipinski definition) is 1. The van der Waals surface area contributed by atoms with Crippen molar-refractivity contribution in [2.45, 2.75) is 23.6 Å². The van der Waals surface area contributed by atoms with Gasteiger partial charge in [-0.3, -0.25) is 9.78 Å². The third kappa shape index (κ3) is 4.55. The predicted molar refractivity (Wildman–Crippen MR) is 82.4 cm³/mol. The monoisotopic (exact) mass is 360 g/mol. The van der Waals surface area contributed by atoms with Crippen LogP contribution < -0.4 is 5.32 Å². The van der Waals surface area contributed by atoms with Crippen molar-refractivity contribution in [1.82, 2.24) is 10.3 Å². The number of hydrogen-bond acceptors (Lipinski definition) is 5. The molecule has 23 heavy (non-hydrogen) atoms. The summed E-state index contributed by atoms with van der Waals surface area (Å²) in [6.07, 6.45) is 2.33. The Kier molecular flexibility index (Phi) is 4.81. The van der Waals surface area contributed by atoms with Crippen LogP contribution in [0.5, 0.6) is 0 Å². The maximum Gasteiger partial charge on any atom is 0.286 e. The molecule has 0 spiro atoms. The summed E-state index contributed by atoms with van der Waals surface area (Å²) in [4.78, 5) is 15.9. The highest BCUT2D eigenvalue weighted by Gasteiger charge is 2.25. The predicted octanol–water partition coefficient (Wildman–Crippen LogP) is 2.59. The number of carbonyl (C=O) groups is 1. The van der Waals surface area contributed by atoms with Crippen LogP contribution in [0, 0.1) is 0 Å². The van der Waals surface area contributed by atoms with Crippen molar-refractivity contribution in [3.63, 3.8) is 0 Å². The van der Waals surface area contributed by atoms with Gasteiger partial charge in [0, 0.05) is 25.9 Å². The minimum absolute atomic E-state index is 0.105. The number of nitrogens with zero attached hydrogens (tertiary/aromatic N) is 1. The lowest BCUT2D eigenvalue weighted by Crippen LogP contribution is -2.22. The third-order valence-electron chi connectivity index (χ3n) is 2.90. The van der Waals surface area contributed by atoms with Gasteiger partial charge < -0.3 is 5.32 Å². The van der Waals surface area contributed by atoms with Gasteiger partial charge in [-0.2, -0.15) is 8.78 Å². The zero-order valence-corrected chi connectivity index (χ0v) is 14.0. The van der Waals surface area contributed by atoms with E-state index in [4.69, 9.17) is 0 Å². The van der Waals surface area contributed by atoms with Gasteiger partial charge >= 0.3 is 0 Å². The first kappa shape index (κ1) is 17.5. The molecular formula is C14H14F2N2O3S2. The molecule has 1 amide bonds. The molecule has 1 N–H and O–H groups in total. The molecule has 0 saturated carbocycles. The maximum absolute atomic E-state index is 13.0. The van der Waals surface area contributed by atoms with E-state index >= 15 is 0 Å². The molecule has 0 radical (unpaired) electrons. The van der Waals surface area contributed by atoms with Crippen LogP contribution in [0.25, 0.3) is 0 Å². The molecule has 0 aliphatic carbocycles. The third-order valence-corrected chi connectivity index (χ3v) is 5.80. The maximum atomic E-state index is 13.0. The van der Waals surface area contributed by atoms with Crippen LogP contribution in [0.15, 0.2) is 34.7 Å². The number of thiophene rings is 1. The fourth-order valence-corrected chi connectivity index (χ4v) is 3.54. The fourth-order valence-electron chi connectivity index (χ4n) is 1.70. The molecular weight excluding hydrogens is 346 g/mol. The number of sulfone groups is 1. The van der Waals surface area contributed by atoms with Crippen LogP contribution >= 0.6 is 11.3 Å². The lowest BCUT2D eigenvalue weighted by Gasteiger charge is -2.10. The molecule has 0 saturated heterocycles. The second kappa shape index (κ2) is 6.32. The van der Waals surface area contributed by atoms with Crippen molar-refractivity contribution in [2.24, 2.45) is 0 Å². The van der Waals surface area contributed by atoms with Gasteiger partial charge in [0.05, 0.1) is 4.88 Å². The Morgan fingerprint density at radius 2 is 2.00 bits per heavy atom. The van der Waals surface area contributed by atoms with Gasteiger partial charge in [0.15, 0.2) is 9.84 Å². The average Bonchev–Trinajstić information content (AvgIpc) is 2.94. The molecule has 2 aromatic rings. The quantitative estimate of drug-likeness (QED) is 0.889. The van der Waals surface area contributed by atoms with Gasteiger partial charge in [0.25, 0.3) is 11.8 Å². The number of aromatic nitrogens is 1. The van der Waals surface area contributed by atoms with E-state index in [1.165, 1.54) is 30.5 Å². The van der Waals surface area contributed by atoms with Gasteiger partial charge in [-0.05, 0) is 23.8 Å². The topological polar surface area (TPSA) is 76.1 Å². The van der Waals surface area contributed by atoms with E-state index in [1.807, 2.05) is 0 Å². The smallest absolute Gasteiger partial charge is 0.286 e. The van der Waals surface area contributed by atoms with Crippen LogP contribution in [0.2, 0.25) is 0 Å². The van der Waals surface area contributed by atoms with Crippen molar-refractivity contribution >= 4 is 27.1 Å². The van der Waals surface area contributed by atoms with Gasteiger partial charge in [-0.1, -0.05) is 6.07 Å². The molecule has 5 nitrogen and oxygen atoms in total. The first-order chi connectivity index (χ1) is 10.6. The summed E-state index contributed by atoms with van der Waals surface area (Å²) < 4.78 is 48.9. The van der Waals surface area contributed by atoms with Crippen LogP contribution in [-0.2, 0) is 22.3 Å². The summed E-state index contributed by atoms with van der Waals surface area (Å²) in [6.45, 7) is 0.862. The van der Waals surface area contributed by atoms with Gasteiger partial charge in [-0.15, -0.1) is 11.3 Å². The van der Waals surface area contributed by atoms with Gasteiger partial charge in [-0.25, -0.2) is 8.42 Å². The van der Waals surface area contributed by atoms with Crippen molar-refractivity contribution in [1.29, 1.82) is 0 Å². The molecule has 0 aliphatic heterocycles. The molecule has 0 aromatic carbocycles. The van der Waals surface area contributed by atoms with Crippen LogP contribution in [0.3, 0.4) is 0 Å². The molecule has 0 aliphatic rings. The molecule has 2 rings (SSSR count). The van der Waals surface area contributed by atoms with E-state index in [1.54, 1.807) is 0 Å². The highest BCUT2D eigenvalue weighted by Crippen LogP contribution is 2.25. The zero-order chi connectivity index (χ0) is 17.3. The van der Waals surface area contributed by atoms with E-state index in [0.717, 1.165) is 24.5 Å². The van der Waals surface area contributed by atoms with Crippen molar-refractivity contribution < 1.29 is 22.0 Å². The Balaban J connectivity index is 2.01. The van der Waals surface area contributed by atoms with Crippen molar-refractivity contribution in [2.75, 3.05) is 6.26 Å². The van der Waals surface area contributed by atoms with E-state index in [9.17, 15) is 22.0 Å². The normalized spacial score (nSPS) is 12.2. The molecule has 9 heteroatoms. The van der Waals surface area contributed by atoms with Crippen LogP contribution in [0.1, 0.15) is 27.9 Å². The largest absolute Gasteiger partial charge is 0.347 e. The highest BCUT2D eigenvalue weighted by molar-refractivity contribution is 7.92. The molecule has 0 atom stereocenters. The molecule has 2 heterocycles. The van der Waals surface area contributed by atoms with Crippen molar-refractivity contribution in [3.05, 3.63) is 46.6 Å². The summed E-state index contributed by atoms with van der Waals surface area (Å²) in [5.41, 5.74) is 0.217. The second-order valence-corrected chi connectivity index (χ2v) is 8.34. The molecule has 0 bridgehead atoms. The van der Waals surface area contributed by atoms with E-state index in [0.29, 0.717) is 5.56 Å². The molecule has 0 fully saturated rings. The number of halogens is 2. The Hall–Kier alpha value is -1.87. The number of amides is 1. The first-order valence-electron chi connectivity index (χ1n) is 6.48. The minimum atomic E-state index is -3.34. The van der Waals surface area contributed by atoms with E-state index in [2.05, 4.69) is 10.3 Å². The van der Waals surface area contributed by atoms with Gasteiger partial charge in [0.1, 0.15) is 9.90 Å². The molecule has 0 unspecified atom stereocenters. The lowest BCUT2D eigenvalue weighted by molar-refractivity contribution is 0.0127. The number of nitrogens with one attached hydrogen (secondary N) is 1. The van der Waals surface area contributed by atoms with Crippen molar-refractivity contribution in [3.8, 4) is 0 Å². The molecule has 2 aromatic heterocycles. The standard InChI is InChI=1S/C14H14F2N2O3S2/c1-14(15,16)11-5-3-9(7-17-11)8-18-13(19)10-4-6-12(22-10)23(2,20)21/h3-7H,8H2,1-2H3,(H,18,19). The summed E-state index contributed by atoms with van der Waals surface area (Å²) in [6, 6.07) is 5.45. The summed E-state index contributed by atoms with van der Waals surface area (Å²) in [5.74, 6) is -3.45. The number of pyridine rings is 1. The Bertz CT molecular complexity index is 809. The Labute approximate surface area is 136 Å². The van der Waals surface area contributed by atoms with E-state index < -0.39 is 21.7 Å².